The molecule has 0 aromatic heterocycles. The number of hydrogen-bond donors (Lipinski definition) is 2. The van der Waals surface area contributed by atoms with Gasteiger partial charge in [-0.25, -0.2) is 0 Å². The van der Waals surface area contributed by atoms with Crippen molar-refractivity contribution in [1.82, 2.24) is 10.2 Å². The molecule has 1 aromatic carbocycles. The van der Waals surface area contributed by atoms with Crippen molar-refractivity contribution in [1.29, 1.82) is 0 Å². The van der Waals surface area contributed by atoms with Gasteiger partial charge in [-0.15, -0.1) is 0 Å². The third-order valence-corrected chi connectivity index (χ3v) is 3.80. The molecule has 0 radical (unpaired) electrons. The van der Waals surface area contributed by atoms with E-state index in [1.165, 1.54) is 5.56 Å². The first-order valence-corrected chi connectivity index (χ1v) is 6.96. The summed E-state index contributed by atoms with van der Waals surface area (Å²) in [6.07, 6.45) is 0.784. The van der Waals surface area contributed by atoms with Crippen LogP contribution in [-0.2, 0) is 0 Å². The van der Waals surface area contributed by atoms with Gasteiger partial charge < -0.3 is 15.2 Å². The van der Waals surface area contributed by atoms with Crippen LogP contribution in [-0.4, -0.2) is 49.9 Å². The molecule has 2 N–H and O–H groups in total. The lowest BCUT2D eigenvalue weighted by Gasteiger charge is -2.35. The van der Waals surface area contributed by atoms with E-state index in [9.17, 15) is 5.11 Å². The summed E-state index contributed by atoms with van der Waals surface area (Å²) < 4.78 is 5.31. The molecule has 1 saturated heterocycles. The van der Waals surface area contributed by atoms with Crippen LogP contribution in [0.1, 0.15) is 23.6 Å². The van der Waals surface area contributed by atoms with Gasteiger partial charge in [0.2, 0.25) is 0 Å². The van der Waals surface area contributed by atoms with Crippen molar-refractivity contribution in [3.63, 3.8) is 0 Å². The molecular weight excluding hydrogens is 240 g/mol. The third kappa shape index (κ3) is 3.47. The second kappa shape index (κ2) is 6.89. The molecule has 1 aromatic rings. The van der Waals surface area contributed by atoms with Crippen LogP contribution in [0.4, 0.5) is 0 Å². The van der Waals surface area contributed by atoms with E-state index in [4.69, 9.17) is 4.74 Å². The van der Waals surface area contributed by atoms with Crippen molar-refractivity contribution >= 4 is 0 Å². The van der Waals surface area contributed by atoms with Crippen molar-refractivity contribution in [2.45, 2.75) is 19.4 Å². The van der Waals surface area contributed by atoms with Gasteiger partial charge in [0.05, 0.1) is 7.11 Å². The van der Waals surface area contributed by atoms with E-state index < -0.39 is 0 Å². The fourth-order valence-electron chi connectivity index (χ4n) is 2.79. The summed E-state index contributed by atoms with van der Waals surface area (Å²) in [5, 5.41) is 12.7. The molecule has 0 aliphatic carbocycles. The molecule has 106 valence electrons. The zero-order chi connectivity index (χ0) is 13.7. The number of benzene rings is 1. The highest BCUT2D eigenvalue weighted by atomic mass is 16.5. The highest BCUT2D eigenvalue weighted by Gasteiger charge is 2.22. The van der Waals surface area contributed by atoms with Gasteiger partial charge in [0.1, 0.15) is 5.75 Å². The molecule has 4 nitrogen and oxygen atoms in total. The zero-order valence-electron chi connectivity index (χ0n) is 11.9. The van der Waals surface area contributed by atoms with E-state index in [-0.39, 0.29) is 6.61 Å². The summed E-state index contributed by atoms with van der Waals surface area (Å²) in [5.41, 5.74) is 2.42. The highest BCUT2D eigenvalue weighted by Crippen LogP contribution is 2.28. The number of rotatable bonds is 5. The first kappa shape index (κ1) is 14.3. The number of aliphatic hydroxyl groups excluding tert-OH is 1. The highest BCUT2D eigenvalue weighted by molar-refractivity contribution is 5.37. The number of nitrogens with one attached hydrogen (secondary N) is 1. The van der Waals surface area contributed by atoms with Crippen LogP contribution in [0.25, 0.3) is 0 Å². The second-order valence-corrected chi connectivity index (χ2v) is 5.04. The number of ether oxygens (including phenoxy) is 1. The average molecular weight is 264 g/mol. The molecule has 1 atom stereocenters. The lowest BCUT2D eigenvalue weighted by atomic mass is 9.99. The quantitative estimate of drug-likeness (QED) is 0.842. The Labute approximate surface area is 115 Å². The van der Waals surface area contributed by atoms with E-state index in [0.29, 0.717) is 6.04 Å². The Kier molecular flexibility index (Phi) is 5.19. The standard InChI is InChI=1S/C15H24N2O2/c1-12-11-13(3-4-15(12)19-2)14(5-10-18)17-8-6-16-7-9-17/h3-4,11,14,16,18H,5-10H2,1-2H3. The maximum atomic E-state index is 9.33. The fraction of sp³-hybridized carbons (Fsp3) is 0.600. The van der Waals surface area contributed by atoms with Crippen LogP contribution in [0.5, 0.6) is 5.75 Å². The van der Waals surface area contributed by atoms with Gasteiger partial charge >= 0.3 is 0 Å². The smallest absolute Gasteiger partial charge is 0.121 e. The molecule has 2 rings (SSSR count). The molecule has 1 heterocycles. The van der Waals surface area contributed by atoms with Crippen molar-refractivity contribution in [3.05, 3.63) is 29.3 Å². The number of aliphatic hydroxyl groups is 1. The monoisotopic (exact) mass is 264 g/mol. The maximum absolute atomic E-state index is 9.33. The molecule has 0 amide bonds. The summed E-state index contributed by atoms with van der Waals surface area (Å²) in [6, 6.07) is 6.63. The first-order valence-electron chi connectivity index (χ1n) is 6.96. The third-order valence-electron chi connectivity index (χ3n) is 3.80. The van der Waals surface area contributed by atoms with Gasteiger partial charge in [0, 0.05) is 38.8 Å². The van der Waals surface area contributed by atoms with Crippen LogP contribution >= 0.6 is 0 Å². The van der Waals surface area contributed by atoms with Crippen LogP contribution in [0.3, 0.4) is 0 Å². The normalized spacial score (nSPS) is 18.3. The Hall–Kier alpha value is -1.10. The van der Waals surface area contributed by atoms with Gasteiger partial charge in [0.25, 0.3) is 0 Å². The summed E-state index contributed by atoms with van der Waals surface area (Å²) in [7, 11) is 1.70. The van der Waals surface area contributed by atoms with Crippen molar-refractivity contribution in [3.8, 4) is 5.75 Å². The first-order chi connectivity index (χ1) is 9.26. The minimum absolute atomic E-state index is 0.222. The topological polar surface area (TPSA) is 44.7 Å². The van der Waals surface area contributed by atoms with Crippen molar-refractivity contribution in [2.24, 2.45) is 0 Å². The van der Waals surface area contributed by atoms with E-state index in [1.54, 1.807) is 7.11 Å². The molecule has 4 heteroatoms. The molecule has 19 heavy (non-hydrogen) atoms. The zero-order valence-corrected chi connectivity index (χ0v) is 11.9. The molecular formula is C15H24N2O2. The number of hydrogen-bond acceptors (Lipinski definition) is 4. The molecule has 1 unspecified atom stereocenters. The van der Waals surface area contributed by atoms with E-state index in [2.05, 4.69) is 29.3 Å². The SMILES string of the molecule is COc1ccc(C(CCO)N2CCNCC2)cc1C. The Morgan fingerprint density at radius 3 is 2.68 bits per heavy atom. The summed E-state index contributed by atoms with van der Waals surface area (Å²) >= 11 is 0. The number of nitrogens with zero attached hydrogens (tertiary/aromatic N) is 1. The van der Waals surface area contributed by atoms with Crippen LogP contribution in [0.15, 0.2) is 18.2 Å². The van der Waals surface area contributed by atoms with E-state index >= 15 is 0 Å². The van der Waals surface area contributed by atoms with Gasteiger partial charge in [0.15, 0.2) is 0 Å². The summed E-state index contributed by atoms with van der Waals surface area (Å²) in [6.45, 7) is 6.41. The Morgan fingerprint density at radius 1 is 1.37 bits per heavy atom. The van der Waals surface area contributed by atoms with E-state index in [1.807, 2.05) is 6.07 Å². The van der Waals surface area contributed by atoms with Gasteiger partial charge in [-0.1, -0.05) is 12.1 Å². The molecule has 1 aliphatic heterocycles. The van der Waals surface area contributed by atoms with Crippen LogP contribution < -0.4 is 10.1 Å². The number of piperazine rings is 1. The Balaban J connectivity index is 2.19. The second-order valence-electron chi connectivity index (χ2n) is 5.04. The van der Waals surface area contributed by atoms with E-state index in [0.717, 1.165) is 43.9 Å². The minimum Gasteiger partial charge on any atom is -0.496 e. The van der Waals surface area contributed by atoms with Gasteiger partial charge in [-0.2, -0.15) is 0 Å². The van der Waals surface area contributed by atoms with Crippen molar-refractivity contribution < 1.29 is 9.84 Å². The fourth-order valence-corrected chi connectivity index (χ4v) is 2.79. The lowest BCUT2D eigenvalue weighted by Crippen LogP contribution is -2.45. The van der Waals surface area contributed by atoms with Gasteiger partial charge in [-0.05, 0) is 30.5 Å². The Morgan fingerprint density at radius 2 is 2.11 bits per heavy atom. The molecule has 1 aliphatic rings. The maximum Gasteiger partial charge on any atom is 0.121 e. The molecule has 0 bridgehead atoms. The largest absolute Gasteiger partial charge is 0.496 e. The lowest BCUT2D eigenvalue weighted by molar-refractivity contribution is 0.141. The molecule has 0 saturated carbocycles. The number of aryl methyl sites for hydroxylation is 1. The van der Waals surface area contributed by atoms with Crippen LogP contribution in [0.2, 0.25) is 0 Å². The average Bonchev–Trinajstić information content (AvgIpc) is 2.45. The van der Waals surface area contributed by atoms with Gasteiger partial charge in [-0.3, -0.25) is 4.90 Å². The summed E-state index contributed by atoms with van der Waals surface area (Å²) in [4.78, 5) is 2.45. The molecule has 1 fully saturated rings. The van der Waals surface area contributed by atoms with Crippen molar-refractivity contribution in [2.75, 3.05) is 39.9 Å². The van der Waals surface area contributed by atoms with Crippen LogP contribution in [0, 0.1) is 6.92 Å². The minimum atomic E-state index is 0.222. The Bertz CT molecular complexity index is 403. The predicted molar refractivity (Wildman–Crippen MR) is 76.6 cm³/mol. The number of methoxy groups -OCH3 is 1. The molecule has 0 spiro atoms. The predicted octanol–water partition coefficient (Wildman–Crippen LogP) is 1.33. The summed E-state index contributed by atoms with van der Waals surface area (Å²) in [5.74, 6) is 0.923.